The van der Waals surface area contributed by atoms with Crippen LogP contribution in [0.1, 0.15) is 25.0 Å². The number of amides is 1. The van der Waals surface area contributed by atoms with Crippen LogP contribution in [0.2, 0.25) is 0 Å². The standard InChI is InChI=1S/C22H23N3O5/c1-3-29-18-9-14-8-13(2)30-19(14)10-15(18)11-23-20(26)12-25-22(28)17-7-5-4-6-16(17)21(27)24-25/h4-7,9-10,13H,3,8,11-12H2,1-2H3,(H,23,26)(H,24,27)/t13-/m1/s1. The smallest absolute Gasteiger partial charge is 0.273 e. The highest BCUT2D eigenvalue weighted by Gasteiger charge is 2.22. The van der Waals surface area contributed by atoms with Gasteiger partial charge in [-0.1, -0.05) is 12.1 Å². The Hall–Kier alpha value is -3.55. The molecule has 0 aliphatic carbocycles. The predicted molar refractivity (Wildman–Crippen MR) is 112 cm³/mol. The molecule has 0 spiro atoms. The van der Waals surface area contributed by atoms with Gasteiger partial charge in [-0.15, -0.1) is 0 Å². The molecule has 0 bridgehead atoms. The van der Waals surface area contributed by atoms with E-state index in [0.29, 0.717) is 17.7 Å². The Kier molecular flexibility index (Phi) is 5.31. The molecule has 0 radical (unpaired) electrons. The first-order chi connectivity index (χ1) is 14.5. The number of aromatic amines is 1. The minimum absolute atomic E-state index is 0.107. The Morgan fingerprint density at radius 3 is 2.80 bits per heavy atom. The zero-order valence-corrected chi connectivity index (χ0v) is 16.9. The second-order valence-corrected chi connectivity index (χ2v) is 7.29. The fraction of sp³-hybridized carbons (Fsp3) is 0.318. The zero-order chi connectivity index (χ0) is 21.3. The van der Waals surface area contributed by atoms with E-state index in [1.54, 1.807) is 24.3 Å². The van der Waals surface area contributed by atoms with E-state index in [-0.39, 0.29) is 24.6 Å². The van der Waals surface area contributed by atoms with Crippen molar-refractivity contribution in [1.29, 1.82) is 0 Å². The van der Waals surface area contributed by atoms with E-state index in [4.69, 9.17) is 9.47 Å². The first kappa shape index (κ1) is 19.8. The molecule has 1 aliphatic heterocycles. The van der Waals surface area contributed by atoms with E-state index >= 15 is 0 Å². The summed E-state index contributed by atoms with van der Waals surface area (Å²) in [7, 11) is 0. The van der Waals surface area contributed by atoms with Gasteiger partial charge < -0.3 is 14.8 Å². The molecule has 1 atom stereocenters. The molecule has 3 aromatic rings. The maximum atomic E-state index is 12.6. The van der Waals surface area contributed by atoms with Gasteiger partial charge >= 0.3 is 0 Å². The van der Waals surface area contributed by atoms with Crippen molar-refractivity contribution >= 4 is 16.7 Å². The van der Waals surface area contributed by atoms with E-state index in [9.17, 15) is 14.4 Å². The molecule has 0 saturated carbocycles. The van der Waals surface area contributed by atoms with Gasteiger partial charge in [0.2, 0.25) is 5.91 Å². The number of hydrogen-bond donors (Lipinski definition) is 2. The summed E-state index contributed by atoms with van der Waals surface area (Å²) in [4.78, 5) is 37.2. The predicted octanol–water partition coefficient (Wildman–Crippen LogP) is 1.73. The van der Waals surface area contributed by atoms with Crippen LogP contribution in [0.25, 0.3) is 10.8 Å². The van der Waals surface area contributed by atoms with E-state index in [2.05, 4.69) is 10.4 Å². The molecule has 1 aliphatic rings. The molecule has 4 rings (SSSR count). The molecule has 2 aromatic carbocycles. The first-order valence-electron chi connectivity index (χ1n) is 9.90. The molecule has 0 unspecified atom stereocenters. The summed E-state index contributed by atoms with van der Waals surface area (Å²) in [6.07, 6.45) is 0.927. The van der Waals surface area contributed by atoms with Crippen LogP contribution in [0.4, 0.5) is 0 Å². The Morgan fingerprint density at radius 2 is 2.03 bits per heavy atom. The van der Waals surface area contributed by atoms with Gasteiger partial charge in [-0.05, 0) is 38.1 Å². The minimum Gasteiger partial charge on any atom is -0.494 e. The average molecular weight is 409 g/mol. The van der Waals surface area contributed by atoms with Crippen molar-refractivity contribution < 1.29 is 14.3 Å². The van der Waals surface area contributed by atoms with Crippen molar-refractivity contribution in [2.45, 2.75) is 39.5 Å². The zero-order valence-electron chi connectivity index (χ0n) is 16.9. The van der Waals surface area contributed by atoms with Gasteiger partial charge in [-0.25, -0.2) is 4.68 Å². The largest absolute Gasteiger partial charge is 0.494 e. The number of fused-ring (bicyclic) bond motifs is 2. The van der Waals surface area contributed by atoms with E-state index in [0.717, 1.165) is 28.0 Å². The highest BCUT2D eigenvalue weighted by molar-refractivity contribution is 5.81. The summed E-state index contributed by atoms with van der Waals surface area (Å²) in [6, 6.07) is 10.3. The fourth-order valence-corrected chi connectivity index (χ4v) is 3.66. The second kappa shape index (κ2) is 8.06. The summed E-state index contributed by atoms with van der Waals surface area (Å²) in [6.45, 7) is 4.33. The normalized spacial score (nSPS) is 14.9. The summed E-state index contributed by atoms with van der Waals surface area (Å²) < 4.78 is 12.5. The summed E-state index contributed by atoms with van der Waals surface area (Å²) in [5.74, 6) is 1.09. The number of hydrogen-bond acceptors (Lipinski definition) is 5. The maximum Gasteiger partial charge on any atom is 0.273 e. The molecule has 2 heterocycles. The summed E-state index contributed by atoms with van der Waals surface area (Å²) in [5, 5.41) is 5.82. The van der Waals surface area contributed by atoms with Crippen molar-refractivity contribution in [2.75, 3.05) is 6.61 Å². The number of ether oxygens (including phenoxy) is 2. The topological polar surface area (TPSA) is 102 Å². The lowest BCUT2D eigenvalue weighted by molar-refractivity contribution is -0.122. The van der Waals surface area contributed by atoms with Gasteiger partial charge in [0.15, 0.2) is 0 Å². The molecule has 8 nitrogen and oxygen atoms in total. The number of rotatable bonds is 6. The highest BCUT2D eigenvalue weighted by Crippen LogP contribution is 2.35. The lowest BCUT2D eigenvalue weighted by atomic mass is 10.1. The third-order valence-corrected chi connectivity index (χ3v) is 5.04. The Labute approximate surface area is 172 Å². The van der Waals surface area contributed by atoms with Gasteiger partial charge in [0, 0.05) is 24.1 Å². The molecule has 1 amide bonds. The van der Waals surface area contributed by atoms with Crippen LogP contribution in [0.5, 0.6) is 11.5 Å². The number of aromatic nitrogens is 2. The Balaban J connectivity index is 1.52. The number of carbonyl (C=O) groups excluding carboxylic acids is 1. The van der Waals surface area contributed by atoms with Crippen molar-refractivity contribution in [1.82, 2.24) is 15.1 Å². The molecule has 0 saturated heterocycles. The van der Waals surface area contributed by atoms with Crippen LogP contribution in [-0.2, 0) is 24.3 Å². The number of benzene rings is 2. The molecule has 0 fully saturated rings. The van der Waals surface area contributed by atoms with Crippen LogP contribution in [0.15, 0.2) is 46.0 Å². The van der Waals surface area contributed by atoms with E-state index in [1.807, 2.05) is 26.0 Å². The number of nitrogens with one attached hydrogen (secondary N) is 2. The van der Waals surface area contributed by atoms with Crippen LogP contribution in [0, 0.1) is 0 Å². The van der Waals surface area contributed by atoms with Gasteiger partial charge in [-0.3, -0.25) is 19.5 Å². The second-order valence-electron chi connectivity index (χ2n) is 7.29. The number of nitrogens with zero attached hydrogens (tertiary/aromatic N) is 1. The van der Waals surface area contributed by atoms with Crippen LogP contribution in [0.3, 0.4) is 0 Å². The molecular formula is C22H23N3O5. The Bertz CT molecular complexity index is 1230. The van der Waals surface area contributed by atoms with Crippen molar-refractivity contribution in [3.8, 4) is 11.5 Å². The van der Waals surface area contributed by atoms with Crippen LogP contribution >= 0.6 is 0 Å². The van der Waals surface area contributed by atoms with E-state index < -0.39 is 17.0 Å². The molecule has 156 valence electrons. The number of carbonyl (C=O) groups is 1. The van der Waals surface area contributed by atoms with Crippen molar-refractivity contribution in [2.24, 2.45) is 0 Å². The third kappa shape index (κ3) is 3.80. The van der Waals surface area contributed by atoms with Gasteiger partial charge in [0.05, 0.1) is 17.4 Å². The molecule has 30 heavy (non-hydrogen) atoms. The highest BCUT2D eigenvalue weighted by atomic mass is 16.5. The summed E-state index contributed by atoms with van der Waals surface area (Å²) >= 11 is 0. The van der Waals surface area contributed by atoms with E-state index in [1.165, 1.54) is 0 Å². The lowest BCUT2D eigenvalue weighted by Gasteiger charge is -2.14. The van der Waals surface area contributed by atoms with Crippen LogP contribution < -0.4 is 25.9 Å². The number of H-pyrrole nitrogens is 1. The Morgan fingerprint density at radius 1 is 1.27 bits per heavy atom. The molecule has 2 N–H and O–H groups in total. The molecule has 8 heteroatoms. The first-order valence-corrected chi connectivity index (χ1v) is 9.90. The fourth-order valence-electron chi connectivity index (χ4n) is 3.66. The van der Waals surface area contributed by atoms with Crippen LogP contribution in [-0.4, -0.2) is 28.4 Å². The minimum atomic E-state index is -0.421. The van der Waals surface area contributed by atoms with Gasteiger partial charge in [0.1, 0.15) is 24.1 Å². The lowest BCUT2D eigenvalue weighted by Crippen LogP contribution is -2.36. The van der Waals surface area contributed by atoms with Crippen molar-refractivity contribution in [3.05, 3.63) is 68.2 Å². The molecular weight excluding hydrogens is 386 g/mol. The van der Waals surface area contributed by atoms with Gasteiger partial charge in [0.25, 0.3) is 11.1 Å². The average Bonchev–Trinajstić information content (AvgIpc) is 3.09. The third-order valence-electron chi connectivity index (χ3n) is 5.04. The SMILES string of the molecule is CCOc1cc2c(cc1CNC(=O)Cn1[nH]c(=O)c3ccccc3c1=O)O[C@H](C)C2. The van der Waals surface area contributed by atoms with Gasteiger partial charge in [-0.2, -0.15) is 0 Å². The van der Waals surface area contributed by atoms with Crippen molar-refractivity contribution in [3.63, 3.8) is 0 Å². The quantitative estimate of drug-likeness (QED) is 0.646. The maximum absolute atomic E-state index is 12.6. The monoisotopic (exact) mass is 409 g/mol. The molecule has 1 aromatic heterocycles. The summed E-state index contributed by atoms with van der Waals surface area (Å²) in [5.41, 5.74) is 1.04.